The molecule has 5 nitrogen and oxygen atoms in total. The molecule has 7 heteroatoms. The van der Waals surface area contributed by atoms with Crippen LogP contribution in [0.4, 0.5) is 4.79 Å². The summed E-state index contributed by atoms with van der Waals surface area (Å²) in [6, 6.07) is 3.87. The van der Waals surface area contributed by atoms with Crippen molar-refractivity contribution < 1.29 is 9.59 Å². The van der Waals surface area contributed by atoms with Gasteiger partial charge in [0.05, 0.1) is 10.9 Å². The van der Waals surface area contributed by atoms with Gasteiger partial charge in [0.15, 0.2) is 0 Å². The standard InChI is InChI=1S/C16H24ClN3O2S/c1-20(11-13-7-8-14(17)23-13)16(22)18-10-9-15(21)19-12-5-3-2-4-6-12/h7-8,12H,2-6,9-11H2,1H3,(H,18,22)(H,19,21). The number of urea groups is 1. The second kappa shape index (κ2) is 9.13. The van der Waals surface area contributed by atoms with Gasteiger partial charge in [-0.2, -0.15) is 0 Å². The summed E-state index contributed by atoms with van der Waals surface area (Å²) >= 11 is 7.34. The van der Waals surface area contributed by atoms with Crippen LogP contribution in [0, 0.1) is 0 Å². The Balaban J connectivity index is 1.62. The second-order valence-electron chi connectivity index (χ2n) is 5.95. The minimum Gasteiger partial charge on any atom is -0.353 e. The van der Waals surface area contributed by atoms with Gasteiger partial charge < -0.3 is 15.5 Å². The highest BCUT2D eigenvalue weighted by Gasteiger charge is 2.16. The molecule has 23 heavy (non-hydrogen) atoms. The van der Waals surface area contributed by atoms with Crippen LogP contribution >= 0.6 is 22.9 Å². The smallest absolute Gasteiger partial charge is 0.317 e. The number of rotatable bonds is 6. The largest absolute Gasteiger partial charge is 0.353 e. The van der Waals surface area contributed by atoms with Crippen LogP contribution in [-0.4, -0.2) is 36.5 Å². The first kappa shape index (κ1) is 18.1. The number of carbonyl (C=O) groups excluding carboxylic acids is 2. The summed E-state index contributed by atoms with van der Waals surface area (Å²) in [6.45, 7) is 0.865. The summed E-state index contributed by atoms with van der Waals surface area (Å²) in [5.41, 5.74) is 0. The molecular weight excluding hydrogens is 334 g/mol. The SMILES string of the molecule is CN(Cc1ccc(Cl)s1)C(=O)NCCC(=O)NC1CCCCC1. The Morgan fingerprint density at radius 1 is 1.30 bits per heavy atom. The van der Waals surface area contributed by atoms with Crippen LogP contribution in [-0.2, 0) is 11.3 Å². The van der Waals surface area contributed by atoms with Crippen LogP contribution in [0.2, 0.25) is 4.34 Å². The van der Waals surface area contributed by atoms with Crippen LogP contribution in [0.15, 0.2) is 12.1 Å². The molecule has 0 aromatic carbocycles. The minimum atomic E-state index is -0.181. The molecule has 1 heterocycles. The number of nitrogens with zero attached hydrogens (tertiary/aromatic N) is 1. The van der Waals surface area contributed by atoms with Gasteiger partial charge in [-0.1, -0.05) is 30.9 Å². The van der Waals surface area contributed by atoms with Crippen LogP contribution < -0.4 is 10.6 Å². The Labute approximate surface area is 146 Å². The highest BCUT2D eigenvalue weighted by molar-refractivity contribution is 7.16. The predicted molar refractivity (Wildman–Crippen MR) is 93.8 cm³/mol. The van der Waals surface area contributed by atoms with Gasteiger partial charge in [0, 0.05) is 30.9 Å². The van der Waals surface area contributed by atoms with Gasteiger partial charge in [-0.3, -0.25) is 4.79 Å². The molecule has 0 bridgehead atoms. The van der Waals surface area contributed by atoms with E-state index >= 15 is 0 Å². The Morgan fingerprint density at radius 2 is 2.04 bits per heavy atom. The molecule has 1 aliphatic carbocycles. The molecule has 0 saturated heterocycles. The number of hydrogen-bond acceptors (Lipinski definition) is 3. The van der Waals surface area contributed by atoms with Gasteiger partial charge in [-0.25, -0.2) is 4.79 Å². The van der Waals surface area contributed by atoms with Crippen molar-refractivity contribution in [3.05, 3.63) is 21.3 Å². The lowest BCUT2D eigenvalue weighted by Crippen LogP contribution is -2.40. The lowest BCUT2D eigenvalue weighted by Gasteiger charge is -2.23. The van der Waals surface area contributed by atoms with E-state index in [1.54, 1.807) is 11.9 Å². The summed E-state index contributed by atoms with van der Waals surface area (Å²) < 4.78 is 0.716. The summed E-state index contributed by atoms with van der Waals surface area (Å²) in [5, 5.41) is 5.82. The molecule has 1 aliphatic rings. The zero-order valence-electron chi connectivity index (χ0n) is 13.4. The van der Waals surface area contributed by atoms with E-state index in [4.69, 9.17) is 11.6 Å². The van der Waals surface area contributed by atoms with Crippen molar-refractivity contribution in [2.24, 2.45) is 0 Å². The van der Waals surface area contributed by atoms with Gasteiger partial charge in [0.25, 0.3) is 0 Å². The lowest BCUT2D eigenvalue weighted by molar-refractivity contribution is -0.121. The maximum atomic E-state index is 12.0. The van der Waals surface area contributed by atoms with Crippen LogP contribution in [0.3, 0.4) is 0 Å². The molecule has 0 radical (unpaired) electrons. The zero-order chi connectivity index (χ0) is 16.7. The maximum absolute atomic E-state index is 12.0. The van der Waals surface area contributed by atoms with Gasteiger partial charge in [-0.15, -0.1) is 11.3 Å². The van der Waals surface area contributed by atoms with E-state index in [9.17, 15) is 9.59 Å². The third-order valence-corrected chi connectivity index (χ3v) is 5.18. The molecule has 1 fully saturated rings. The number of thiophene rings is 1. The molecule has 3 amide bonds. The minimum absolute atomic E-state index is 0.0184. The van der Waals surface area contributed by atoms with Crippen molar-refractivity contribution in [2.75, 3.05) is 13.6 Å². The average molecular weight is 358 g/mol. The third kappa shape index (κ3) is 6.39. The van der Waals surface area contributed by atoms with Crippen LogP contribution in [0.1, 0.15) is 43.4 Å². The fourth-order valence-corrected chi connectivity index (χ4v) is 3.85. The van der Waals surface area contributed by atoms with Gasteiger partial charge in [0.2, 0.25) is 5.91 Å². The normalized spacial score (nSPS) is 15.2. The van der Waals surface area contributed by atoms with E-state index in [1.165, 1.54) is 30.6 Å². The van der Waals surface area contributed by atoms with E-state index in [2.05, 4.69) is 10.6 Å². The van der Waals surface area contributed by atoms with Crippen molar-refractivity contribution in [3.63, 3.8) is 0 Å². The maximum Gasteiger partial charge on any atom is 0.317 e. The molecular formula is C16H24ClN3O2S. The molecule has 1 aromatic rings. The van der Waals surface area contributed by atoms with Crippen LogP contribution in [0.25, 0.3) is 0 Å². The van der Waals surface area contributed by atoms with Crippen molar-refractivity contribution in [1.29, 1.82) is 0 Å². The van der Waals surface area contributed by atoms with Crippen LogP contribution in [0.5, 0.6) is 0 Å². The number of halogens is 1. The first-order valence-corrected chi connectivity index (χ1v) is 9.26. The second-order valence-corrected chi connectivity index (χ2v) is 7.75. The summed E-state index contributed by atoms with van der Waals surface area (Å²) in [5.74, 6) is 0.0184. The first-order valence-electron chi connectivity index (χ1n) is 8.07. The number of hydrogen-bond donors (Lipinski definition) is 2. The molecule has 2 N–H and O–H groups in total. The summed E-state index contributed by atoms with van der Waals surface area (Å²) in [4.78, 5) is 26.5. The summed E-state index contributed by atoms with van der Waals surface area (Å²) in [6.07, 6.45) is 6.12. The van der Waals surface area contributed by atoms with Crippen molar-refractivity contribution in [3.8, 4) is 0 Å². The lowest BCUT2D eigenvalue weighted by atomic mass is 9.95. The van der Waals surface area contributed by atoms with Crippen molar-refractivity contribution >= 4 is 34.9 Å². The van der Waals surface area contributed by atoms with Crippen molar-refractivity contribution in [2.45, 2.75) is 51.1 Å². The Bertz CT molecular complexity index is 529. The molecule has 0 spiro atoms. The van der Waals surface area contributed by atoms with Gasteiger partial charge in [0.1, 0.15) is 0 Å². The highest BCUT2D eigenvalue weighted by Crippen LogP contribution is 2.22. The molecule has 1 saturated carbocycles. The molecule has 0 aliphatic heterocycles. The van der Waals surface area contributed by atoms with E-state index in [-0.39, 0.29) is 11.9 Å². The summed E-state index contributed by atoms with van der Waals surface area (Å²) in [7, 11) is 1.73. The molecule has 0 atom stereocenters. The monoisotopic (exact) mass is 357 g/mol. The van der Waals surface area contributed by atoms with Gasteiger partial charge in [-0.05, 0) is 25.0 Å². The van der Waals surface area contributed by atoms with E-state index in [1.807, 2.05) is 12.1 Å². The molecule has 128 valence electrons. The Morgan fingerprint density at radius 3 is 2.70 bits per heavy atom. The number of nitrogens with one attached hydrogen (secondary N) is 2. The molecule has 0 unspecified atom stereocenters. The van der Waals surface area contributed by atoms with Crippen molar-refractivity contribution in [1.82, 2.24) is 15.5 Å². The van der Waals surface area contributed by atoms with E-state index < -0.39 is 0 Å². The van der Waals surface area contributed by atoms with Gasteiger partial charge >= 0.3 is 6.03 Å². The molecule has 1 aromatic heterocycles. The average Bonchev–Trinajstić information content (AvgIpc) is 2.93. The zero-order valence-corrected chi connectivity index (χ0v) is 15.0. The number of carbonyl (C=O) groups is 2. The fraction of sp³-hybridized carbons (Fsp3) is 0.625. The Hall–Kier alpha value is -1.27. The van der Waals surface area contributed by atoms with E-state index in [0.29, 0.717) is 29.9 Å². The molecule has 2 rings (SSSR count). The number of amides is 3. The quantitative estimate of drug-likeness (QED) is 0.819. The Kier molecular flexibility index (Phi) is 7.17. The first-order chi connectivity index (χ1) is 11.0. The van der Waals surface area contributed by atoms with E-state index in [0.717, 1.165) is 17.7 Å². The fourth-order valence-electron chi connectivity index (χ4n) is 2.71. The third-order valence-electron chi connectivity index (χ3n) is 3.97. The highest BCUT2D eigenvalue weighted by atomic mass is 35.5. The topological polar surface area (TPSA) is 61.4 Å². The predicted octanol–water partition coefficient (Wildman–Crippen LogP) is 3.38.